The second-order valence-corrected chi connectivity index (χ2v) is 6.80. The molecule has 1 atom stereocenters. The molecule has 1 fully saturated rings. The Morgan fingerprint density at radius 1 is 1.54 bits per heavy atom. The first kappa shape index (κ1) is 18.4. The van der Waals surface area contributed by atoms with Crippen molar-refractivity contribution in [3.05, 3.63) is 43.8 Å². The van der Waals surface area contributed by atoms with Crippen LogP contribution in [0.2, 0.25) is 5.02 Å². The number of nitrogens with zero attached hydrogens (tertiary/aromatic N) is 2. The van der Waals surface area contributed by atoms with Crippen LogP contribution in [0.4, 0.5) is 5.69 Å². The second-order valence-electron chi connectivity index (χ2n) is 4.72. The zero-order valence-electron chi connectivity index (χ0n) is 12.5. The van der Waals surface area contributed by atoms with Gasteiger partial charge in [0, 0.05) is 6.07 Å². The summed E-state index contributed by atoms with van der Waals surface area (Å²) in [5.74, 6) is -1.05. The van der Waals surface area contributed by atoms with Crippen molar-refractivity contribution in [2.45, 2.75) is 13.0 Å². The predicted octanol–water partition coefficient (Wildman–Crippen LogP) is 3.01. The first-order chi connectivity index (χ1) is 11.3. The van der Waals surface area contributed by atoms with Gasteiger partial charge in [0.15, 0.2) is 0 Å². The summed E-state index contributed by atoms with van der Waals surface area (Å²) in [6.45, 7) is 1.51. The molecule has 10 heteroatoms. The van der Waals surface area contributed by atoms with Gasteiger partial charge in [-0.1, -0.05) is 41.6 Å². The number of esters is 1. The van der Waals surface area contributed by atoms with Crippen molar-refractivity contribution in [1.29, 1.82) is 0 Å². The van der Waals surface area contributed by atoms with Crippen LogP contribution in [0.5, 0.6) is 0 Å². The van der Waals surface area contributed by atoms with Crippen molar-refractivity contribution in [1.82, 2.24) is 4.90 Å². The molecule has 0 N–H and O–H groups in total. The molecule has 0 aromatic heterocycles. The van der Waals surface area contributed by atoms with Gasteiger partial charge in [0.2, 0.25) is 0 Å². The summed E-state index contributed by atoms with van der Waals surface area (Å²) in [4.78, 5) is 35.8. The van der Waals surface area contributed by atoms with E-state index in [1.165, 1.54) is 32.2 Å². The lowest BCUT2D eigenvalue weighted by atomic mass is 10.2. The predicted molar refractivity (Wildman–Crippen MR) is 94.6 cm³/mol. The molecule has 0 bridgehead atoms. The molecule has 24 heavy (non-hydrogen) atoms. The molecule has 1 heterocycles. The number of carbonyl (C=O) groups is 2. The van der Waals surface area contributed by atoms with E-state index < -0.39 is 22.8 Å². The Hall–Kier alpha value is -1.97. The molecular formula is C14H11ClN2O5S2. The number of thioether (sulfide) groups is 1. The number of nitro groups is 1. The molecule has 7 nitrogen and oxygen atoms in total. The van der Waals surface area contributed by atoms with Crippen LogP contribution < -0.4 is 0 Å². The molecule has 126 valence electrons. The molecule has 0 spiro atoms. The van der Waals surface area contributed by atoms with Gasteiger partial charge in [-0.05, 0) is 24.6 Å². The van der Waals surface area contributed by atoms with E-state index in [9.17, 15) is 19.7 Å². The maximum atomic E-state index is 12.4. The van der Waals surface area contributed by atoms with Crippen LogP contribution in [-0.2, 0) is 14.3 Å². The number of amides is 1. The van der Waals surface area contributed by atoms with Crippen LogP contribution in [0.3, 0.4) is 0 Å². The van der Waals surface area contributed by atoms with Gasteiger partial charge in [-0.15, -0.1) is 0 Å². The van der Waals surface area contributed by atoms with E-state index in [1.807, 2.05) is 0 Å². The Morgan fingerprint density at radius 3 is 2.79 bits per heavy atom. The van der Waals surface area contributed by atoms with E-state index in [4.69, 9.17) is 23.8 Å². The highest BCUT2D eigenvalue weighted by Gasteiger charge is 2.38. The normalized spacial score (nSPS) is 17.3. The fourth-order valence-electron chi connectivity index (χ4n) is 2.00. The molecule has 1 unspecified atom stereocenters. The number of methoxy groups -OCH3 is 1. The summed E-state index contributed by atoms with van der Waals surface area (Å²) >= 11 is 11.9. The summed E-state index contributed by atoms with van der Waals surface area (Å²) in [6.07, 6.45) is 1.46. The van der Waals surface area contributed by atoms with E-state index in [0.29, 0.717) is 5.56 Å². The molecule has 1 aromatic rings. The molecule has 1 aromatic carbocycles. The van der Waals surface area contributed by atoms with Crippen LogP contribution >= 0.6 is 35.6 Å². The van der Waals surface area contributed by atoms with Gasteiger partial charge in [0.25, 0.3) is 11.6 Å². The lowest BCUT2D eigenvalue weighted by Gasteiger charge is -2.20. The van der Waals surface area contributed by atoms with Crippen molar-refractivity contribution in [3.8, 4) is 0 Å². The number of halogens is 1. The summed E-state index contributed by atoms with van der Waals surface area (Å²) in [5, 5.41) is 10.9. The van der Waals surface area contributed by atoms with E-state index >= 15 is 0 Å². The van der Waals surface area contributed by atoms with E-state index in [0.717, 1.165) is 16.7 Å². The largest absolute Gasteiger partial charge is 0.467 e. The monoisotopic (exact) mass is 386 g/mol. The average Bonchev–Trinajstić information content (AvgIpc) is 2.81. The number of benzene rings is 1. The maximum absolute atomic E-state index is 12.4. The zero-order chi connectivity index (χ0) is 18.0. The van der Waals surface area contributed by atoms with Crippen LogP contribution in [0.15, 0.2) is 23.1 Å². The SMILES string of the molecule is COC(=O)C(C)N1C(=O)/C(=C/c2ccc(Cl)c([N+](=O)[O-])c2)SC1=S. The van der Waals surface area contributed by atoms with Crippen molar-refractivity contribution in [2.75, 3.05) is 7.11 Å². The summed E-state index contributed by atoms with van der Waals surface area (Å²) in [7, 11) is 1.22. The van der Waals surface area contributed by atoms with E-state index in [2.05, 4.69) is 4.74 Å². The van der Waals surface area contributed by atoms with Gasteiger partial charge in [0.05, 0.1) is 16.9 Å². The molecule has 0 radical (unpaired) electrons. The quantitative estimate of drug-likeness (QED) is 0.258. The third-order valence-corrected chi connectivity index (χ3v) is 4.87. The summed E-state index contributed by atoms with van der Waals surface area (Å²) < 4.78 is 4.83. The van der Waals surface area contributed by atoms with Crippen molar-refractivity contribution < 1.29 is 19.2 Å². The van der Waals surface area contributed by atoms with Gasteiger partial charge < -0.3 is 4.74 Å². The minimum absolute atomic E-state index is 0.00372. The second kappa shape index (κ2) is 7.29. The van der Waals surface area contributed by atoms with Crippen LogP contribution in [-0.4, -0.2) is 39.2 Å². The smallest absolute Gasteiger partial charge is 0.328 e. The number of nitro benzene ring substituents is 1. The molecule has 1 aliphatic heterocycles. The molecule has 0 saturated carbocycles. The van der Waals surface area contributed by atoms with Gasteiger partial charge in [0.1, 0.15) is 15.4 Å². The number of hydrogen-bond donors (Lipinski definition) is 0. The van der Waals surface area contributed by atoms with Gasteiger partial charge in [-0.25, -0.2) is 4.79 Å². The Kier molecular flexibility index (Phi) is 5.58. The Morgan fingerprint density at radius 2 is 2.21 bits per heavy atom. The highest BCUT2D eigenvalue weighted by molar-refractivity contribution is 8.26. The first-order valence-electron chi connectivity index (χ1n) is 6.55. The minimum Gasteiger partial charge on any atom is -0.467 e. The van der Waals surface area contributed by atoms with Crippen LogP contribution in [0, 0.1) is 10.1 Å². The lowest BCUT2D eigenvalue weighted by Crippen LogP contribution is -2.42. The van der Waals surface area contributed by atoms with E-state index in [-0.39, 0.29) is 19.9 Å². The van der Waals surface area contributed by atoms with Gasteiger partial charge in [-0.2, -0.15) is 0 Å². The Labute approximate surface area is 151 Å². The fourth-order valence-corrected chi connectivity index (χ4v) is 3.61. The van der Waals surface area contributed by atoms with Crippen molar-refractivity contribution in [3.63, 3.8) is 0 Å². The molecule has 1 saturated heterocycles. The maximum Gasteiger partial charge on any atom is 0.328 e. The molecular weight excluding hydrogens is 376 g/mol. The standard InChI is InChI=1S/C14H11ClN2O5S2/c1-7(13(19)22-2)16-12(18)11(24-14(16)23)6-8-3-4-9(15)10(5-8)17(20)21/h3-7H,1-2H3/b11-6-. The van der Waals surface area contributed by atoms with Crippen LogP contribution in [0.25, 0.3) is 6.08 Å². The molecule has 1 aliphatic rings. The number of hydrogen-bond acceptors (Lipinski definition) is 7. The third-order valence-electron chi connectivity index (χ3n) is 3.22. The number of carbonyl (C=O) groups excluding carboxylic acids is 2. The zero-order valence-corrected chi connectivity index (χ0v) is 14.9. The molecule has 2 rings (SSSR count). The topological polar surface area (TPSA) is 89.8 Å². The summed E-state index contributed by atoms with van der Waals surface area (Å²) in [6, 6.07) is 3.33. The Bertz CT molecular complexity index is 780. The third kappa shape index (κ3) is 3.58. The number of thiocarbonyl (C=S) groups is 1. The lowest BCUT2D eigenvalue weighted by molar-refractivity contribution is -0.384. The first-order valence-corrected chi connectivity index (χ1v) is 8.15. The molecule has 0 aliphatic carbocycles. The number of ether oxygens (including phenoxy) is 1. The highest BCUT2D eigenvalue weighted by atomic mass is 35.5. The summed E-state index contributed by atoms with van der Waals surface area (Å²) in [5.41, 5.74) is 0.168. The van der Waals surface area contributed by atoms with Crippen molar-refractivity contribution in [2.24, 2.45) is 0 Å². The minimum atomic E-state index is -0.854. The van der Waals surface area contributed by atoms with Crippen molar-refractivity contribution >= 4 is 63.5 Å². The Balaban J connectivity index is 2.34. The number of rotatable bonds is 4. The fraction of sp³-hybridized carbons (Fsp3) is 0.214. The average molecular weight is 387 g/mol. The van der Waals surface area contributed by atoms with Gasteiger partial charge >= 0.3 is 5.97 Å². The van der Waals surface area contributed by atoms with Crippen LogP contribution in [0.1, 0.15) is 12.5 Å². The highest BCUT2D eigenvalue weighted by Crippen LogP contribution is 2.35. The molecule has 1 amide bonds. The van der Waals surface area contributed by atoms with Gasteiger partial charge in [-0.3, -0.25) is 19.8 Å². The van der Waals surface area contributed by atoms with E-state index in [1.54, 1.807) is 6.07 Å².